The summed E-state index contributed by atoms with van der Waals surface area (Å²) in [5.74, 6) is 0.0460. The maximum atomic E-state index is 11.7. The Morgan fingerprint density at radius 2 is 1.35 bits per heavy atom. The van der Waals surface area contributed by atoms with Crippen LogP contribution in [0.3, 0.4) is 0 Å². The highest BCUT2D eigenvalue weighted by atomic mass is 28.4. The molecule has 8 heteroatoms. The Labute approximate surface area is 312 Å². The Balaban J connectivity index is 3.70. The summed E-state index contributed by atoms with van der Waals surface area (Å²) in [4.78, 5) is 11.7. The molecule has 0 heterocycles. The molecule has 0 aromatic rings. The molecule has 0 unspecified atom stereocenters. The molecule has 49 heavy (non-hydrogen) atoms. The molecule has 0 bridgehead atoms. The standard InChI is InChI=1S/C41H78O5Si3/c1-18-19-20-21-22-25-28-34-35(31-30-33(44-47(12,13)39(2,3)4)27-24-23-26-29-38(42)43-11)37(46-49(16,17)41(8,9)10)32-36(34)45-48(14,15)40(5,6)7/h19-20,22-25,30-31,33-37H,18,21,26-29,32H2,1-17H3/b20-19-,24-23-,25-22-,31-30+/t33-,34+,35-,36+,37-/m0/s1/i1D2,18D2. The average molecular weight is 739 g/mol. The fraction of sp³-hybridized carbons (Fsp3) is 0.780. The zero-order valence-electron chi connectivity index (χ0n) is 38.4. The second kappa shape index (κ2) is 19.2. The highest BCUT2D eigenvalue weighted by Crippen LogP contribution is 2.48. The van der Waals surface area contributed by atoms with E-state index in [1.54, 1.807) is 6.08 Å². The molecule has 0 aliphatic heterocycles. The SMILES string of the molecule is [2H]C([2H])C([2H])([2H])/C=C\C/C=C\C[C@@H]1[C@H](/C=C/[C@H](C/C=C\CCC(=O)OC)O[Si](C)(C)C(C)(C)C)[C@@H](O[Si](C)(C)C(C)(C)C)C[C@H]1O[Si](C)(C)C(C)(C)C. The second-order valence-corrected chi connectivity index (χ2v) is 32.7. The predicted molar refractivity (Wildman–Crippen MR) is 220 cm³/mol. The number of ether oxygens (including phenoxy) is 1. The van der Waals surface area contributed by atoms with Crippen molar-refractivity contribution in [3.63, 3.8) is 0 Å². The fourth-order valence-electron chi connectivity index (χ4n) is 5.22. The number of esters is 1. The summed E-state index contributed by atoms with van der Waals surface area (Å²) < 4.78 is 57.2. The second-order valence-electron chi connectivity index (χ2n) is 18.4. The molecular formula is C41H78O5Si3. The van der Waals surface area contributed by atoms with E-state index in [4.69, 9.17) is 23.5 Å². The van der Waals surface area contributed by atoms with Gasteiger partial charge in [-0.2, -0.15) is 0 Å². The van der Waals surface area contributed by atoms with Crippen LogP contribution < -0.4 is 0 Å². The first kappa shape index (κ1) is 39.2. The summed E-state index contributed by atoms with van der Waals surface area (Å²) in [6.45, 7) is 32.8. The summed E-state index contributed by atoms with van der Waals surface area (Å²) >= 11 is 0. The smallest absolute Gasteiger partial charge is 0.305 e. The van der Waals surface area contributed by atoms with E-state index in [1.165, 1.54) is 13.2 Å². The summed E-state index contributed by atoms with van der Waals surface area (Å²) in [6, 6.07) is 0. The van der Waals surface area contributed by atoms with Gasteiger partial charge in [-0.3, -0.25) is 4.79 Å². The highest BCUT2D eigenvalue weighted by molar-refractivity contribution is 6.75. The van der Waals surface area contributed by atoms with Crippen molar-refractivity contribution in [3.05, 3.63) is 48.6 Å². The minimum absolute atomic E-state index is 0.0115. The lowest BCUT2D eigenvalue weighted by atomic mass is 9.89. The van der Waals surface area contributed by atoms with Crippen LogP contribution in [0.15, 0.2) is 48.6 Å². The summed E-state index contributed by atoms with van der Waals surface area (Å²) in [6.07, 6.45) is 17.8. The van der Waals surface area contributed by atoms with Gasteiger partial charge in [0.1, 0.15) is 0 Å². The summed E-state index contributed by atoms with van der Waals surface area (Å²) in [5, 5.41) is 0.143. The molecule has 0 aromatic heterocycles. The van der Waals surface area contributed by atoms with Crippen molar-refractivity contribution >= 4 is 30.9 Å². The maximum Gasteiger partial charge on any atom is 0.305 e. The van der Waals surface area contributed by atoms with Crippen LogP contribution in [0.1, 0.15) is 120 Å². The molecule has 5 atom stereocenters. The van der Waals surface area contributed by atoms with E-state index < -0.39 is 38.2 Å². The van der Waals surface area contributed by atoms with Gasteiger partial charge in [-0.1, -0.05) is 118 Å². The molecule has 5 nitrogen and oxygen atoms in total. The molecular weight excluding hydrogens is 657 g/mol. The molecule has 0 radical (unpaired) electrons. The predicted octanol–water partition coefficient (Wildman–Crippen LogP) is 12.6. The topological polar surface area (TPSA) is 54.0 Å². The quantitative estimate of drug-likeness (QED) is 0.0796. The van der Waals surface area contributed by atoms with Gasteiger partial charge >= 0.3 is 5.97 Å². The number of hydrogen-bond acceptors (Lipinski definition) is 5. The van der Waals surface area contributed by atoms with Gasteiger partial charge in [0.2, 0.25) is 0 Å². The molecule has 0 aromatic carbocycles. The van der Waals surface area contributed by atoms with Gasteiger partial charge < -0.3 is 18.0 Å². The molecule has 0 amide bonds. The lowest BCUT2D eigenvalue weighted by Gasteiger charge is -2.40. The van der Waals surface area contributed by atoms with Crippen LogP contribution in [0, 0.1) is 11.8 Å². The van der Waals surface area contributed by atoms with Gasteiger partial charge in [0.15, 0.2) is 25.0 Å². The van der Waals surface area contributed by atoms with Gasteiger partial charge in [-0.15, -0.1) is 0 Å². The Bertz CT molecular complexity index is 1260. The molecule has 0 saturated heterocycles. The van der Waals surface area contributed by atoms with Gasteiger partial charge in [-0.05, 0) is 98.8 Å². The van der Waals surface area contributed by atoms with Crippen molar-refractivity contribution in [2.45, 2.75) is 187 Å². The van der Waals surface area contributed by atoms with Crippen LogP contribution in [0.5, 0.6) is 0 Å². The zero-order chi connectivity index (χ0) is 41.3. The van der Waals surface area contributed by atoms with Gasteiger partial charge in [-0.25, -0.2) is 0 Å². The Morgan fingerprint density at radius 1 is 0.796 bits per heavy atom. The Kier molecular flexibility index (Phi) is 15.3. The van der Waals surface area contributed by atoms with Crippen molar-refractivity contribution in [2.24, 2.45) is 11.8 Å². The fourth-order valence-corrected chi connectivity index (χ4v) is 9.25. The highest BCUT2D eigenvalue weighted by Gasteiger charge is 2.50. The molecule has 1 saturated carbocycles. The van der Waals surface area contributed by atoms with E-state index in [0.29, 0.717) is 25.7 Å². The number of carbonyl (C=O) groups excluding carboxylic acids is 1. The molecule has 284 valence electrons. The monoisotopic (exact) mass is 739 g/mol. The normalized spacial score (nSPS) is 24.3. The van der Waals surface area contributed by atoms with Gasteiger partial charge in [0.25, 0.3) is 0 Å². The Hall–Kier alpha value is -1.04. The molecule has 0 spiro atoms. The van der Waals surface area contributed by atoms with E-state index in [2.05, 4.69) is 138 Å². The lowest BCUT2D eigenvalue weighted by molar-refractivity contribution is -0.140. The van der Waals surface area contributed by atoms with Crippen LogP contribution in [0.4, 0.5) is 0 Å². The molecule has 1 fully saturated rings. The van der Waals surface area contributed by atoms with Gasteiger partial charge in [0.05, 0.1) is 25.4 Å². The third-order valence-corrected chi connectivity index (χ3v) is 25.0. The van der Waals surface area contributed by atoms with Crippen LogP contribution >= 0.6 is 0 Å². The molecule has 0 N–H and O–H groups in total. The number of carbonyl (C=O) groups is 1. The van der Waals surface area contributed by atoms with Crippen LogP contribution in [0.2, 0.25) is 54.4 Å². The minimum Gasteiger partial charge on any atom is -0.469 e. The van der Waals surface area contributed by atoms with E-state index in [9.17, 15) is 4.79 Å². The van der Waals surface area contributed by atoms with E-state index >= 15 is 0 Å². The summed E-state index contributed by atoms with van der Waals surface area (Å²) in [7, 11) is -4.99. The third-order valence-electron chi connectivity index (χ3n) is 11.5. The maximum absolute atomic E-state index is 11.7. The van der Waals surface area contributed by atoms with E-state index in [1.807, 2.05) is 0 Å². The first-order valence-corrected chi connectivity index (χ1v) is 27.2. The lowest BCUT2D eigenvalue weighted by Crippen LogP contribution is -2.45. The number of allylic oxidation sites excluding steroid dienone is 5. The average Bonchev–Trinajstić information content (AvgIpc) is 3.28. The number of rotatable bonds is 18. The van der Waals surface area contributed by atoms with Crippen molar-refractivity contribution in [1.29, 1.82) is 0 Å². The van der Waals surface area contributed by atoms with Crippen LogP contribution in [-0.2, 0) is 22.8 Å². The minimum atomic E-state index is -2.15. The first-order valence-electron chi connectivity index (χ1n) is 20.6. The zero-order valence-corrected chi connectivity index (χ0v) is 37.4. The number of hydrogen-bond donors (Lipinski definition) is 0. The van der Waals surface area contributed by atoms with Crippen molar-refractivity contribution in [3.8, 4) is 0 Å². The molecule has 1 aliphatic carbocycles. The third kappa shape index (κ3) is 14.8. The van der Waals surface area contributed by atoms with Crippen LogP contribution in [-0.4, -0.2) is 56.3 Å². The number of methoxy groups -OCH3 is 1. The van der Waals surface area contributed by atoms with E-state index in [-0.39, 0.29) is 51.2 Å². The largest absolute Gasteiger partial charge is 0.469 e. The van der Waals surface area contributed by atoms with E-state index in [0.717, 1.165) is 12.8 Å². The molecule has 1 aliphatic rings. The summed E-state index contributed by atoms with van der Waals surface area (Å²) in [5.41, 5.74) is 0. The molecule has 1 rings (SSSR count). The first-order chi connectivity index (χ1) is 23.9. The van der Waals surface area contributed by atoms with Crippen molar-refractivity contribution in [2.75, 3.05) is 7.11 Å². The van der Waals surface area contributed by atoms with Crippen LogP contribution in [0.25, 0.3) is 0 Å². The van der Waals surface area contributed by atoms with Gasteiger partial charge in [0, 0.05) is 17.8 Å². The van der Waals surface area contributed by atoms with Crippen molar-refractivity contribution in [1.82, 2.24) is 0 Å². The Morgan fingerprint density at radius 3 is 1.88 bits per heavy atom. The van der Waals surface area contributed by atoms with Crippen molar-refractivity contribution < 1.29 is 28.3 Å².